The van der Waals surface area contributed by atoms with Crippen LogP contribution in [0.5, 0.6) is 11.5 Å². The van der Waals surface area contributed by atoms with Crippen LogP contribution in [0.2, 0.25) is 5.02 Å². The third kappa shape index (κ3) is 7.82. The van der Waals surface area contributed by atoms with Gasteiger partial charge >= 0.3 is 0 Å². The number of carbonyl (C=O) groups excluding carboxylic acids is 1. The van der Waals surface area contributed by atoms with Crippen LogP contribution in [0.3, 0.4) is 0 Å². The molecule has 4 aromatic rings. The van der Waals surface area contributed by atoms with E-state index in [1.807, 2.05) is 24.3 Å². The highest BCUT2D eigenvalue weighted by atomic mass is 35.5. The number of amides is 1. The van der Waals surface area contributed by atoms with E-state index in [2.05, 4.69) is 47.4 Å². The number of rotatable bonds is 8. The Morgan fingerprint density at radius 2 is 1.69 bits per heavy atom. The van der Waals surface area contributed by atoms with Crippen LogP contribution in [0, 0.1) is 11.3 Å². The zero-order chi connectivity index (χ0) is 27.6. The monoisotopic (exact) mass is 543 g/mol. The lowest BCUT2D eigenvalue weighted by Gasteiger charge is -2.32. The van der Waals surface area contributed by atoms with Crippen molar-refractivity contribution < 1.29 is 14.6 Å². The van der Waals surface area contributed by atoms with E-state index in [1.165, 1.54) is 49.2 Å². The molecule has 7 heteroatoms. The number of phenolic OH excluding ortho intramolecular Hbond substituents is 1. The first-order valence-corrected chi connectivity index (χ1v) is 13.5. The van der Waals surface area contributed by atoms with Crippen molar-refractivity contribution in [2.24, 2.45) is 11.7 Å². The fourth-order valence-corrected chi connectivity index (χ4v) is 5.03. The summed E-state index contributed by atoms with van der Waals surface area (Å²) in [5.41, 5.74) is 7.63. The van der Waals surface area contributed by atoms with E-state index >= 15 is 0 Å². The molecule has 4 aromatic carbocycles. The number of phenols is 1. The van der Waals surface area contributed by atoms with Gasteiger partial charge in [0.1, 0.15) is 18.1 Å². The predicted octanol–water partition coefficient (Wildman–Crippen LogP) is 6.32. The van der Waals surface area contributed by atoms with Gasteiger partial charge in [0.05, 0.1) is 5.02 Å². The number of aromatic hydroxyl groups is 1. The number of benzene rings is 4. The number of nitrogens with two attached hydrogens (primary N) is 1. The van der Waals surface area contributed by atoms with Gasteiger partial charge in [0.15, 0.2) is 0 Å². The van der Waals surface area contributed by atoms with Gasteiger partial charge in [0.2, 0.25) is 5.91 Å². The van der Waals surface area contributed by atoms with Gasteiger partial charge in [-0.05, 0) is 79.6 Å². The number of carbonyl (C=O) groups is 1. The van der Waals surface area contributed by atoms with E-state index in [0.717, 1.165) is 47.6 Å². The molecule has 0 aliphatic carbocycles. The summed E-state index contributed by atoms with van der Waals surface area (Å²) in [5.74, 6) is 1.10. The van der Waals surface area contributed by atoms with E-state index in [-0.39, 0.29) is 16.3 Å². The topological polar surface area (TPSA) is 99.6 Å². The van der Waals surface area contributed by atoms with Gasteiger partial charge in [-0.25, -0.2) is 0 Å². The average molecular weight is 544 g/mol. The normalized spacial score (nSPS) is 13.9. The third-order valence-corrected chi connectivity index (χ3v) is 7.35. The highest BCUT2D eigenvalue weighted by molar-refractivity contribution is 6.32. The number of ether oxygens (including phenoxy) is 1. The van der Waals surface area contributed by atoms with E-state index in [9.17, 15) is 4.79 Å². The molecule has 0 unspecified atom stereocenters. The molecule has 4 N–H and O–H groups in total. The number of piperidine rings is 1. The summed E-state index contributed by atoms with van der Waals surface area (Å²) < 4.78 is 6.13. The van der Waals surface area contributed by atoms with Gasteiger partial charge in [-0.1, -0.05) is 66.2 Å². The molecule has 202 valence electrons. The van der Waals surface area contributed by atoms with Crippen molar-refractivity contribution in [3.05, 3.63) is 107 Å². The van der Waals surface area contributed by atoms with Crippen LogP contribution < -0.4 is 10.5 Å². The molecule has 1 aliphatic rings. The number of hydrogen-bond acceptors (Lipinski definition) is 5. The molecule has 1 amide bonds. The number of nitrogens with one attached hydrogen (secondary N) is 1. The molecule has 0 bridgehead atoms. The van der Waals surface area contributed by atoms with Crippen molar-refractivity contribution in [3.8, 4) is 11.5 Å². The van der Waals surface area contributed by atoms with Gasteiger partial charge in [-0.3, -0.25) is 9.69 Å². The highest BCUT2D eigenvalue weighted by Crippen LogP contribution is 2.28. The first kappa shape index (κ1) is 28.1. The standard InChI is InChI=1S/C25H28N2O.C7H6ClNO2/c26-19-22-10-11-25(24-9-5-4-8-23(22)24)28-17-16-27-14-12-21(13-15-27)18-20-6-2-1-3-7-20;8-5-3-4(7(9)11)1-2-6(5)10/h1-11,19,21,26H,12-18H2;1-3,10H,(H2,9,11). The summed E-state index contributed by atoms with van der Waals surface area (Å²) in [7, 11) is 0. The Morgan fingerprint density at radius 3 is 2.36 bits per heavy atom. The highest BCUT2D eigenvalue weighted by Gasteiger charge is 2.19. The lowest BCUT2D eigenvalue weighted by atomic mass is 9.90. The van der Waals surface area contributed by atoms with E-state index < -0.39 is 5.91 Å². The SMILES string of the molecule is N=Cc1ccc(OCCN2CCC(Cc3ccccc3)CC2)c2ccccc12.NC(=O)c1ccc(O)c(Cl)c1. The molecule has 0 spiro atoms. The van der Waals surface area contributed by atoms with E-state index in [4.69, 9.17) is 32.6 Å². The van der Waals surface area contributed by atoms with Crippen molar-refractivity contribution in [2.45, 2.75) is 19.3 Å². The Kier molecular flexibility index (Phi) is 9.95. The van der Waals surface area contributed by atoms with E-state index in [1.54, 1.807) is 0 Å². The summed E-state index contributed by atoms with van der Waals surface area (Å²) in [5, 5.41) is 18.8. The molecule has 1 saturated heterocycles. The smallest absolute Gasteiger partial charge is 0.248 e. The Morgan fingerprint density at radius 1 is 1.00 bits per heavy atom. The van der Waals surface area contributed by atoms with Gasteiger partial charge in [-0.2, -0.15) is 0 Å². The summed E-state index contributed by atoms with van der Waals surface area (Å²) in [4.78, 5) is 13.1. The number of primary amides is 1. The molecule has 0 atom stereocenters. The lowest BCUT2D eigenvalue weighted by molar-refractivity contribution is 0.100. The van der Waals surface area contributed by atoms with Gasteiger partial charge in [0.25, 0.3) is 0 Å². The maximum Gasteiger partial charge on any atom is 0.248 e. The van der Waals surface area contributed by atoms with Gasteiger partial charge in [-0.15, -0.1) is 0 Å². The Hall–Kier alpha value is -3.87. The summed E-state index contributed by atoms with van der Waals surface area (Å²) in [6.45, 7) is 4.00. The van der Waals surface area contributed by atoms with Gasteiger partial charge in [0, 0.05) is 29.3 Å². The molecular formula is C32H34ClN3O3. The molecule has 5 rings (SSSR count). The minimum atomic E-state index is -0.563. The van der Waals surface area contributed by atoms with Crippen LogP contribution in [-0.4, -0.2) is 48.4 Å². The molecule has 1 heterocycles. The second-order valence-electron chi connectivity index (χ2n) is 9.70. The fraction of sp³-hybridized carbons (Fsp3) is 0.250. The minimum Gasteiger partial charge on any atom is -0.506 e. The Balaban J connectivity index is 0.000000270. The van der Waals surface area contributed by atoms with Crippen molar-refractivity contribution in [1.82, 2.24) is 4.90 Å². The number of halogens is 1. The lowest BCUT2D eigenvalue weighted by Crippen LogP contribution is -2.37. The number of nitrogens with zero attached hydrogens (tertiary/aromatic N) is 1. The molecule has 1 aliphatic heterocycles. The van der Waals surface area contributed by atoms with Crippen LogP contribution in [0.15, 0.2) is 84.9 Å². The largest absolute Gasteiger partial charge is 0.506 e. The van der Waals surface area contributed by atoms with Crippen LogP contribution >= 0.6 is 11.6 Å². The maximum atomic E-state index is 10.5. The van der Waals surface area contributed by atoms with Crippen LogP contribution in [-0.2, 0) is 6.42 Å². The van der Waals surface area contributed by atoms with Crippen molar-refractivity contribution in [2.75, 3.05) is 26.2 Å². The maximum absolute atomic E-state index is 10.5. The molecule has 0 aromatic heterocycles. The second kappa shape index (κ2) is 13.8. The second-order valence-corrected chi connectivity index (χ2v) is 10.1. The molecule has 0 saturated carbocycles. The first-order chi connectivity index (χ1) is 18.9. The van der Waals surface area contributed by atoms with E-state index in [0.29, 0.717) is 6.61 Å². The number of fused-ring (bicyclic) bond motifs is 1. The molecule has 0 radical (unpaired) electrons. The number of likely N-dealkylation sites (tertiary alicyclic amines) is 1. The zero-order valence-electron chi connectivity index (χ0n) is 21.9. The van der Waals surface area contributed by atoms with Crippen LogP contribution in [0.1, 0.15) is 34.3 Å². The Bertz CT molecular complexity index is 1400. The van der Waals surface area contributed by atoms with Crippen molar-refractivity contribution >= 4 is 34.5 Å². The number of hydrogen-bond donors (Lipinski definition) is 3. The first-order valence-electron chi connectivity index (χ1n) is 13.1. The molecule has 6 nitrogen and oxygen atoms in total. The quantitative estimate of drug-likeness (QED) is 0.226. The average Bonchev–Trinajstić information content (AvgIpc) is 2.96. The third-order valence-electron chi connectivity index (χ3n) is 7.04. The fourth-order valence-electron chi connectivity index (χ4n) is 4.85. The summed E-state index contributed by atoms with van der Waals surface area (Å²) in [6.07, 6.45) is 5.15. The van der Waals surface area contributed by atoms with Crippen LogP contribution in [0.4, 0.5) is 0 Å². The summed E-state index contributed by atoms with van der Waals surface area (Å²) >= 11 is 5.50. The Labute approximate surface area is 234 Å². The van der Waals surface area contributed by atoms with Crippen molar-refractivity contribution in [1.29, 1.82) is 5.41 Å². The predicted molar refractivity (Wildman–Crippen MR) is 158 cm³/mol. The molecular weight excluding hydrogens is 510 g/mol. The minimum absolute atomic E-state index is 0.0586. The zero-order valence-corrected chi connectivity index (χ0v) is 22.6. The van der Waals surface area contributed by atoms with Crippen LogP contribution in [0.25, 0.3) is 10.8 Å². The molecule has 1 fully saturated rings. The van der Waals surface area contributed by atoms with Gasteiger partial charge < -0.3 is 21.0 Å². The van der Waals surface area contributed by atoms with Crippen molar-refractivity contribution in [3.63, 3.8) is 0 Å². The molecule has 39 heavy (non-hydrogen) atoms. The summed E-state index contributed by atoms with van der Waals surface area (Å²) in [6, 6.07) is 27.0.